The molecule has 0 aromatic heterocycles. The molecule has 2 aromatic carbocycles. The minimum Gasteiger partial charge on any atom is -0.497 e. The van der Waals surface area contributed by atoms with Gasteiger partial charge in [0.15, 0.2) is 0 Å². The Hall–Kier alpha value is -2.25. The average Bonchev–Trinajstić information content (AvgIpc) is 2.47. The molecule has 0 bridgehead atoms. The summed E-state index contributed by atoms with van der Waals surface area (Å²) in [7, 11) is 1.50. The zero-order chi connectivity index (χ0) is 14.5. The smallest absolute Gasteiger partial charge is 0.124 e. The first-order valence-electron chi connectivity index (χ1n) is 5.78. The first-order chi connectivity index (χ1) is 9.62. The molecule has 0 N–H and O–H groups in total. The van der Waals surface area contributed by atoms with Crippen molar-refractivity contribution in [3.8, 4) is 17.6 Å². The van der Waals surface area contributed by atoms with Crippen molar-refractivity contribution in [1.29, 1.82) is 5.26 Å². The fraction of sp³-hybridized carbons (Fsp3) is 0.133. The SMILES string of the molecule is COc1cc(C#N)cc(OCc2cc(F)ccc2Cl)c1. The van der Waals surface area contributed by atoms with Gasteiger partial charge in [0.05, 0.1) is 18.7 Å². The maximum absolute atomic E-state index is 13.1. The van der Waals surface area contributed by atoms with Crippen LogP contribution in [0.5, 0.6) is 11.5 Å². The highest BCUT2D eigenvalue weighted by Crippen LogP contribution is 2.24. The van der Waals surface area contributed by atoms with Gasteiger partial charge in [0.2, 0.25) is 0 Å². The molecule has 0 amide bonds. The highest BCUT2D eigenvalue weighted by Gasteiger charge is 2.06. The molecule has 5 heteroatoms. The third-order valence-corrected chi connectivity index (χ3v) is 3.02. The quantitative estimate of drug-likeness (QED) is 0.857. The topological polar surface area (TPSA) is 42.2 Å². The summed E-state index contributed by atoms with van der Waals surface area (Å²) in [5, 5.41) is 9.34. The third-order valence-electron chi connectivity index (χ3n) is 2.65. The molecular weight excluding hydrogens is 281 g/mol. The summed E-state index contributed by atoms with van der Waals surface area (Å²) < 4.78 is 23.7. The van der Waals surface area contributed by atoms with Gasteiger partial charge in [-0.3, -0.25) is 0 Å². The molecule has 2 aromatic rings. The van der Waals surface area contributed by atoms with E-state index >= 15 is 0 Å². The second-order valence-electron chi connectivity index (χ2n) is 4.03. The lowest BCUT2D eigenvalue weighted by Crippen LogP contribution is -1.98. The maximum atomic E-state index is 13.1. The first-order valence-corrected chi connectivity index (χ1v) is 6.16. The molecule has 2 rings (SSSR count). The summed E-state index contributed by atoms with van der Waals surface area (Å²) >= 11 is 5.96. The van der Waals surface area contributed by atoms with Crippen molar-refractivity contribution in [2.45, 2.75) is 6.61 Å². The van der Waals surface area contributed by atoms with Crippen LogP contribution in [0.25, 0.3) is 0 Å². The van der Waals surface area contributed by atoms with Crippen molar-refractivity contribution >= 4 is 11.6 Å². The largest absolute Gasteiger partial charge is 0.497 e. The van der Waals surface area contributed by atoms with E-state index in [-0.39, 0.29) is 12.4 Å². The number of methoxy groups -OCH3 is 1. The van der Waals surface area contributed by atoms with Gasteiger partial charge in [0, 0.05) is 16.7 Å². The molecule has 0 aliphatic rings. The van der Waals surface area contributed by atoms with Crippen molar-refractivity contribution in [1.82, 2.24) is 0 Å². The lowest BCUT2D eigenvalue weighted by molar-refractivity contribution is 0.303. The molecule has 0 saturated heterocycles. The van der Waals surface area contributed by atoms with E-state index in [0.29, 0.717) is 27.6 Å². The molecular formula is C15H11ClFNO2. The highest BCUT2D eigenvalue weighted by molar-refractivity contribution is 6.31. The van der Waals surface area contributed by atoms with E-state index in [2.05, 4.69) is 0 Å². The Bertz CT molecular complexity index is 667. The Morgan fingerprint density at radius 1 is 1.20 bits per heavy atom. The second-order valence-corrected chi connectivity index (χ2v) is 4.44. The number of hydrogen-bond acceptors (Lipinski definition) is 3. The number of ether oxygens (including phenoxy) is 2. The maximum Gasteiger partial charge on any atom is 0.124 e. The molecule has 0 radical (unpaired) electrons. The van der Waals surface area contributed by atoms with Gasteiger partial charge in [-0.05, 0) is 30.3 Å². The van der Waals surface area contributed by atoms with E-state index in [1.807, 2.05) is 6.07 Å². The predicted octanol–water partition coefficient (Wildman–Crippen LogP) is 3.94. The third kappa shape index (κ3) is 3.40. The molecule has 20 heavy (non-hydrogen) atoms. The van der Waals surface area contributed by atoms with Crippen molar-refractivity contribution in [2.75, 3.05) is 7.11 Å². The molecule has 0 spiro atoms. The van der Waals surface area contributed by atoms with Gasteiger partial charge in [-0.25, -0.2) is 4.39 Å². The Labute approximate surface area is 121 Å². The summed E-state index contributed by atoms with van der Waals surface area (Å²) in [4.78, 5) is 0. The number of nitriles is 1. The Morgan fingerprint density at radius 3 is 2.65 bits per heavy atom. The van der Waals surface area contributed by atoms with Crippen LogP contribution in [0.15, 0.2) is 36.4 Å². The van der Waals surface area contributed by atoms with Crippen molar-refractivity contribution in [3.63, 3.8) is 0 Å². The van der Waals surface area contributed by atoms with Gasteiger partial charge in [-0.2, -0.15) is 5.26 Å². The van der Waals surface area contributed by atoms with E-state index in [0.717, 1.165) is 0 Å². The second kappa shape index (κ2) is 6.27. The van der Waals surface area contributed by atoms with Gasteiger partial charge in [-0.1, -0.05) is 11.6 Å². The normalized spacial score (nSPS) is 9.90. The zero-order valence-corrected chi connectivity index (χ0v) is 11.4. The molecule has 0 heterocycles. The zero-order valence-electron chi connectivity index (χ0n) is 10.7. The lowest BCUT2D eigenvalue weighted by atomic mass is 10.2. The lowest BCUT2D eigenvalue weighted by Gasteiger charge is -2.09. The van der Waals surface area contributed by atoms with Gasteiger partial charge < -0.3 is 9.47 Å². The van der Waals surface area contributed by atoms with Crippen LogP contribution in [0.2, 0.25) is 5.02 Å². The monoisotopic (exact) mass is 291 g/mol. The number of halogens is 2. The fourth-order valence-electron chi connectivity index (χ4n) is 1.65. The van der Waals surface area contributed by atoms with Crippen LogP contribution in [0.1, 0.15) is 11.1 Å². The molecule has 0 unspecified atom stereocenters. The summed E-state index contributed by atoms with van der Waals surface area (Å²) in [5.41, 5.74) is 0.956. The summed E-state index contributed by atoms with van der Waals surface area (Å²) in [6.45, 7) is 0.106. The first kappa shape index (κ1) is 14.2. The summed E-state index contributed by atoms with van der Waals surface area (Å²) in [6, 6.07) is 10.9. The van der Waals surface area contributed by atoms with Gasteiger partial charge in [-0.15, -0.1) is 0 Å². The van der Waals surface area contributed by atoms with Gasteiger partial charge in [0.25, 0.3) is 0 Å². The van der Waals surface area contributed by atoms with Gasteiger partial charge >= 0.3 is 0 Å². The van der Waals surface area contributed by atoms with E-state index in [1.165, 1.54) is 25.3 Å². The van der Waals surface area contributed by atoms with Crippen LogP contribution < -0.4 is 9.47 Å². The van der Waals surface area contributed by atoms with Gasteiger partial charge in [0.1, 0.15) is 23.9 Å². The molecule has 0 fully saturated rings. The highest BCUT2D eigenvalue weighted by atomic mass is 35.5. The Balaban J connectivity index is 2.18. The van der Waals surface area contributed by atoms with E-state index in [9.17, 15) is 4.39 Å². The van der Waals surface area contributed by atoms with Crippen molar-refractivity contribution in [2.24, 2.45) is 0 Å². The minimum atomic E-state index is -0.378. The van der Waals surface area contributed by atoms with E-state index < -0.39 is 0 Å². The molecule has 102 valence electrons. The molecule has 0 aliphatic carbocycles. The standard InChI is InChI=1S/C15H11ClFNO2/c1-19-13-4-10(8-18)5-14(7-13)20-9-11-6-12(17)2-3-15(11)16/h2-7H,9H2,1H3. The molecule has 0 saturated carbocycles. The van der Waals surface area contributed by atoms with Crippen LogP contribution in [0.3, 0.4) is 0 Å². The Kier molecular flexibility index (Phi) is 4.44. The van der Waals surface area contributed by atoms with Crippen LogP contribution >= 0.6 is 11.6 Å². The molecule has 0 atom stereocenters. The summed E-state index contributed by atoms with van der Waals surface area (Å²) in [6.07, 6.45) is 0. The molecule has 3 nitrogen and oxygen atoms in total. The van der Waals surface area contributed by atoms with E-state index in [4.69, 9.17) is 26.3 Å². The van der Waals surface area contributed by atoms with E-state index in [1.54, 1.807) is 18.2 Å². The number of nitrogens with zero attached hydrogens (tertiary/aromatic N) is 1. The minimum absolute atomic E-state index is 0.106. The van der Waals surface area contributed by atoms with Crippen molar-refractivity contribution < 1.29 is 13.9 Å². The van der Waals surface area contributed by atoms with Crippen LogP contribution in [-0.4, -0.2) is 7.11 Å². The van der Waals surface area contributed by atoms with Crippen LogP contribution in [0.4, 0.5) is 4.39 Å². The summed E-state index contributed by atoms with van der Waals surface area (Å²) in [5.74, 6) is 0.599. The van der Waals surface area contributed by atoms with Crippen molar-refractivity contribution in [3.05, 3.63) is 58.4 Å². The predicted molar refractivity (Wildman–Crippen MR) is 73.5 cm³/mol. The van der Waals surface area contributed by atoms with Crippen LogP contribution in [-0.2, 0) is 6.61 Å². The average molecular weight is 292 g/mol. The number of benzene rings is 2. The molecule has 0 aliphatic heterocycles. The van der Waals surface area contributed by atoms with Crippen LogP contribution in [0, 0.1) is 17.1 Å². The Morgan fingerprint density at radius 2 is 1.95 bits per heavy atom. The fourth-order valence-corrected chi connectivity index (χ4v) is 1.82. The number of rotatable bonds is 4. The number of hydrogen-bond donors (Lipinski definition) is 0.